The minimum atomic E-state index is 0.695. The summed E-state index contributed by atoms with van der Waals surface area (Å²) in [4.78, 5) is 2.58. The molecule has 1 aromatic carbocycles. The SMILES string of the molecule is Cc1ccc2c(c1)CCCN2CC(C)CNCC(C)C. The van der Waals surface area contributed by atoms with E-state index in [1.54, 1.807) is 5.56 Å². The molecule has 0 bridgehead atoms. The molecule has 0 amide bonds. The van der Waals surface area contributed by atoms with Gasteiger partial charge < -0.3 is 10.2 Å². The van der Waals surface area contributed by atoms with E-state index in [1.807, 2.05) is 0 Å². The molecule has 0 aliphatic carbocycles. The lowest BCUT2D eigenvalue weighted by Gasteiger charge is -2.33. The molecule has 1 aromatic rings. The summed E-state index contributed by atoms with van der Waals surface area (Å²) >= 11 is 0. The highest BCUT2D eigenvalue weighted by Gasteiger charge is 2.18. The molecule has 0 saturated carbocycles. The van der Waals surface area contributed by atoms with Gasteiger partial charge in [-0.3, -0.25) is 0 Å². The summed E-state index contributed by atoms with van der Waals surface area (Å²) in [5.74, 6) is 1.43. The van der Waals surface area contributed by atoms with Crippen LogP contribution in [0.2, 0.25) is 0 Å². The van der Waals surface area contributed by atoms with Crippen LogP contribution in [0.25, 0.3) is 0 Å². The minimum Gasteiger partial charge on any atom is -0.371 e. The number of fused-ring (bicyclic) bond motifs is 1. The van der Waals surface area contributed by atoms with Crippen molar-refractivity contribution in [2.24, 2.45) is 11.8 Å². The van der Waals surface area contributed by atoms with E-state index in [4.69, 9.17) is 0 Å². The third-order valence-electron chi connectivity index (χ3n) is 4.03. The van der Waals surface area contributed by atoms with Crippen molar-refractivity contribution < 1.29 is 0 Å². The maximum Gasteiger partial charge on any atom is 0.0399 e. The quantitative estimate of drug-likeness (QED) is 0.852. The molecule has 20 heavy (non-hydrogen) atoms. The van der Waals surface area contributed by atoms with Crippen molar-refractivity contribution in [3.63, 3.8) is 0 Å². The van der Waals surface area contributed by atoms with Crippen molar-refractivity contribution in [2.45, 2.75) is 40.5 Å². The third kappa shape index (κ3) is 4.24. The Morgan fingerprint density at radius 3 is 2.75 bits per heavy atom. The van der Waals surface area contributed by atoms with Crippen LogP contribution in [-0.2, 0) is 6.42 Å². The Morgan fingerprint density at radius 1 is 1.20 bits per heavy atom. The number of rotatable bonds is 6. The van der Waals surface area contributed by atoms with Gasteiger partial charge in [0.1, 0.15) is 0 Å². The van der Waals surface area contributed by atoms with E-state index in [2.05, 4.69) is 56.1 Å². The number of nitrogens with one attached hydrogen (secondary N) is 1. The zero-order valence-corrected chi connectivity index (χ0v) is 13.6. The molecule has 0 aromatic heterocycles. The standard InChI is InChI=1S/C18H30N2/c1-14(2)11-19-12-16(4)13-20-9-5-6-17-10-15(3)7-8-18(17)20/h7-8,10,14,16,19H,5-6,9,11-13H2,1-4H3. The van der Waals surface area contributed by atoms with Crippen molar-refractivity contribution in [3.05, 3.63) is 29.3 Å². The molecule has 2 heteroatoms. The summed E-state index contributed by atoms with van der Waals surface area (Å²) in [6, 6.07) is 6.93. The van der Waals surface area contributed by atoms with Gasteiger partial charge in [-0.05, 0) is 56.3 Å². The first kappa shape index (κ1) is 15.4. The lowest BCUT2D eigenvalue weighted by atomic mass is 9.98. The second-order valence-corrected chi connectivity index (χ2v) is 6.84. The largest absolute Gasteiger partial charge is 0.371 e. The van der Waals surface area contributed by atoms with Gasteiger partial charge in [0.05, 0.1) is 0 Å². The molecule has 1 atom stereocenters. The number of nitrogens with zero attached hydrogens (tertiary/aromatic N) is 1. The zero-order chi connectivity index (χ0) is 14.5. The maximum absolute atomic E-state index is 3.58. The molecular weight excluding hydrogens is 244 g/mol. The van der Waals surface area contributed by atoms with Gasteiger partial charge in [-0.15, -0.1) is 0 Å². The fourth-order valence-electron chi connectivity index (χ4n) is 3.05. The second-order valence-electron chi connectivity index (χ2n) is 6.84. The van der Waals surface area contributed by atoms with Crippen LogP contribution in [0.5, 0.6) is 0 Å². The van der Waals surface area contributed by atoms with Gasteiger partial charge in [0.2, 0.25) is 0 Å². The van der Waals surface area contributed by atoms with E-state index >= 15 is 0 Å². The van der Waals surface area contributed by atoms with Crippen molar-refractivity contribution in [1.82, 2.24) is 5.32 Å². The van der Waals surface area contributed by atoms with Gasteiger partial charge in [0.15, 0.2) is 0 Å². The first-order valence-electron chi connectivity index (χ1n) is 8.11. The predicted molar refractivity (Wildman–Crippen MR) is 88.6 cm³/mol. The fraction of sp³-hybridized carbons (Fsp3) is 0.667. The molecule has 2 nitrogen and oxygen atoms in total. The number of aryl methyl sites for hydroxylation is 2. The smallest absolute Gasteiger partial charge is 0.0399 e. The highest BCUT2D eigenvalue weighted by atomic mass is 15.1. The Balaban J connectivity index is 1.91. The summed E-state index contributed by atoms with van der Waals surface area (Å²) < 4.78 is 0. The van der Waals surface area contributed by atoms with Gasteiger partial charge in [-0.25, -0.2) is 0 Å². The van der Waals surface area contributed by atoms with Crippen molar-refractivity contribution in [2.75, 3.05) is 31.1 Å². The molecule has 0 spiro atoms. The summed E-state index contributed by atoms with van der Waals surface area (Å²) in [7, 11) is 0. The monoisotopic (exact) mass is 274 g/mol. The van der Waals surface area contributed by atoms with Crippen LogP contribution in [0.1, 0.15) is 38.3 Å². The normalized spacial score (nSPS) is 16.4. The Bertz CT molecular complexity index is 425. The van der Waals surface area contributed by atoms with Crippen LogP contribution in [-0.4, -0.2) is 26.2 Å². The van der Waals surface area contributed by atoms with Gasteiger partial charge in [-0.2, -0.15) is 0 Å². The van der Waals surface area contributed by atoms with Gasteiger partial charge in [0, 0.05) is 18.8 Å². The Kier molecular flexibility index (Phi) is 5.47. The van der Waals surface area contributed by atoms with Crippen LogP contribution < -0.4 is 10.2 Å². The molecular formula is C18H30N2. The number of hydrogen-bond donors (Lipinski definition) is 1. The molecule has 0 radical (unpaired) electrons. The van der Waals surface area contributed by atoms with Crippen molar-refractivity contribution >= 4 is 5.69 Å². The maximum atomic E-state index is 3.58. The van der Waals surface area contributed by atoms with Crippen LogP contribution >= 0.6 is 0 Å². The summed E-state index contributed by atoms with van der Waals surface area (Å²) in [6.45, 7) is 13.7. The topological polar surface area (TPSA) is 15.3 Å². The lowest BCUT2D eigenvalue weighted by Crippen LogP contribution is -2.37. The molecule has 1 aliphatic heterocycles. The molecule has 112 valence electrons. The predicted octanol–water partition coefficient (Wildman–Crippen LogP) is 3.63. The van der Waals surface area contributed by atoms with Crippen LogP contribution in [0.3, 0.4) is 0 Å². The molecule has 1 N–H and O–H groups in total. The second kappa shape index (κ2) is 7.12. The van der Waals surface area contributed by atoms with E-state index in [0.717, 1.165) is 19.0 Å². The average molecular weight is 274 g/mol. The van der Waals surface area contributed by atoms with E-state index in [1.165, 1.54) is 37.2 Å². The van der Waals surface area contributed by atoms with Crippen LogP contribution in [0.4, 0.5) is 5.69 Å². The number of benzene rings is 1. The van der Waals surface area contributed by atoms with Crippen LogP contribution in [0, 0.1) is 18.8 Å². The van der Waals surface area contributed by atoms with Gasteiger partial charge in [-0.1, -0.05) is 38.5 Å². The fourth-order valence-corrected chi connectivity index (χ4v) is 3.05. The number of hydrogen-bond acceptors (Lipinski definition) is 2. The molecule has 0 saturated heterocycles. The van der Waals surface area contributed by atoms with E-state index in [9.17, 15) is 0 Å². The molecule has 2 rings (SSSR count). The molecule has 1 aliphatic rings. The average Bonchev–Trinajstić information content (AvgIpc) is 2.38. The van der Waals surface area contributed by atoms with Crippen LogP contribution in [0.15, 0.2) is 18.2 Å². The van der Waals surface area contributed by atoms with Crippen molar-refractivity contribution in [3.8, 4) is 0 Å². The molecule has 0 fully saturated rings. The van der Waals surface area contributed by atoms with E-state index < -0.39 is 0 Å². The first-order chi connectivity index (χ1) is 9.56. The highest BCUT2D eigenvalue weighted by Crippen LogP contribution is 2.28. The summed E-state index contributed by atoms with van der Waals surface area (Å²) in [5.41, 5.74) is 4.40. The highest BCUT2D eigenvalue weighted by molar-refractivity contribution is 5.56. The minimum absolute atomic E-state index is 0.695. The van der Waals surface area contributed by atoms with Gasteiger partial charge >= 0.3 is 0 Å². The summed E-state index contributed by atoms with van der Waals surface area (Å²) in [5, 5.41) is 3.58. The van der Waals surface area contributed by atoms with Crippen molar-refractivity contribution in [1.29, 1.82) is 0 Å². The Morgan fingerprint density at radius 2 is 2.00 bits per heavy atom. The van der Waals surface area contributed by atoms with Gasteiger partial charge in [0.25, 0.3) is 0 Å². The van der Waals surface area contributed by atoms with E-state index in [-0.39, 0.29) is 0 Å². The third-order valence-corrected chi connectivity index (χ3v) is 4.03. The lowest BCUT2D eigenvalue weighted by molar-refractivity contribution is 0.466. The van der Waals surface area contributed by atoms with E-state index in [0.29, 0.717) is 5.92 Å². The summed E-state index contributed by atoms with van der Waals surface area (Å²) in [6.07, 6.45) is 2.54. The number of anilines is 1. The Labute approximate surface area is 124 Å². The zero-order valence-electron chi connectivity index (χ0n) is 13.6. The Hall–Kier alpha value is -1.02. The molecule has 1 heterocycles. The molecule has 1 unspecified atom stereocenters. The first-order valence-corrected chi connectivity index (χ1v) is 8.11.